The predicted molar refractivity (Wildman–Crippen MR) is 125 cm³/mol. The van der Waals surface area contributed by atoms with E-state index in [-0.39, 0.29) is 27.4 Å². The number of anilines is 1. The zero-order chi connectivity index (χ0) is 22.0. The average Bonchev–Trinajstić information content (AvgIpc) is 3.13. The molecule has 1 heterocycles. The molecule has 3 aromatic rings. The monoisotopic (exact) mass is 499 g/mol. The Morgan fingerprint density at radius 2 is 1.97 bits per heavy atom. The Balaban J connectivity index is 1.73. The van der Waals surface area contributed by atoms with Crippen LogP contribution in [0.15, 0.2) is 51.9 Å². The summed E-state index contributed by atoms with van der Waals surface area (Å²) >= 11 is 4.59. The van der Waals surface area contributed by atoms with Gasteiger partial charge < -0.3 is 10.4 Å². The van der Waals surface area contributed by atoms with Crippen LogP contribution >= 0.6 is 27.3 Å². The fraction of sp³-hybridized carbons (Fsp3) is 0.182. The number of hydrogen-bond donors (Lipinski definition) is 2. The van der Waals surface area contributed by atoms with Crippen molar-refractivity contribution < 1.29 is 14.8 Å². The minimum absolute atomic E-state index is 0.147. The van der Waals surface area contributed by atoms with Crippen LogP contribution < -0.4 is 5.32 Å². The lowest BCUT2D eigenvalue weighted by molar-refractivity contribution is -0.385. The van der Waals surface area contributed by atoms with Crippen molar-refractivity contribution in [3.05, 3.63) is 78.6 Å². The van der Waals surface area contributed by atoms with Crippen molar-refractivity contribution in [3.63, 3.8) is 0 Å². The van der Waals surface area contributed by atoms with E-state index in [4.69, 9.17) is 0 Å². The molecule has 31 heavy (non-hydrogen) atoms. The van der Waals surface area contributed by atoms with Crippen LogP contribution in [-0.4, -0.2) is 22.2 Å². The number of nitrogens with zero attached hydrogens (tertiary/aromatic N) is 2. The molecule has 2 aromatic carbocycles. The number of non-ortho nitro benzene ring substituents is 1. The lowest BCUT2D eigenvalue weighted by Gasteiger charge is -2.12. The minimum Gasteiger partial charge on any atom is -0.506 e. The van der Waals surface area contributed by atoms with Crippen molar-refractivity contribution in [2.45, 2.75) is 25.7 Å². The third-order valence-electron chi connectivity index (χ3n) is 5.02. The van der Waals surface area contributed by atoms with Gasteiger partial charge in [-0.3, -0.25) is 14.9 Å². The van der Waals surface area contributed by atoms with E-state index in [2.05, 4.69) is 26.2 Å². The number of thiophene rings is 1. The van der Waals surface area contributed by atoms with Gasteiger partial charge in [0.05, 0.1) is 15.0 Å². The fourth-order valence-electron chi connectivity index (χ4n) is 3.53. The zero-order valence-corrected chi connectivity index (χ0v) is 18.7. The number of rotatable bonds is 5. The Morgan fingerprint density at radius 3 is 2.71 bits per heavy atom. The zero-order valence-electron chi connectivity index (χ0n) is 16.3. The number of nitro groups is 1. The molecule has 9 heteroatoms. The highest BCUT2D eigenvalue weighted by Gasteiger charge is 2.25. The first-order valence-corrected chi connectivity index (χ1v) is 11.3. The van der Waals surface area contributed by atoms with Crippen molar-refractivity contribution in [1.29, 1.82) is 0 Å². The first-order chi connectivity index (χ1) is 14.9. The maximum Gasteiger partial charge on any atom is 0.271 e. The number of amides is 1. The normalized spacial score (nSPS) is 13.2. The van der Waals surface area contributed by atoms with E-state index in [0.717, 1.165) is 36.1 Å². The summed E-state index contributed by atoms with van der Waals surface area (Å²) in [5.41, 5.74) is 2.27. The molecule has 1 aliphatic carbocycles. The van der Waals surface area contributed by atoms with Crippen LogP contribution in [0.25, 0.3) is 0 Å². The van der Waals surface area contributed by atoms with E-state index in [9.17, 15) is 20.0 Å². The van der Waals surface area contributed by atoms with Gasteiger partial charge in [-0.1, -0.05) is 18.2 Å². The number of benzene rings is 2. The van der Waals surface area contributed by atoms with E-state index < -0.39 is 4.92 Å². The van der Waals surface area contributed by atoms with Gasteiger partial charge in [0, 0.05) is 34.5 Å². The first-order valence-electron chi connectivity index (χ1n) is 9.66. The number of nitrogens with one attached hydrogen (secondary N) is 1. The van der Waals surface area contributed by atoms with Gasteiger partial charge in [-0.05, 0) is 59.3 Å². The molecule has 0 spiro atoms. The van der Waals surface area contributed by atoms with Crippen LogP contribution in [0.1, 0.15) is 39.2 Å². The SMILES string of the molecule is O=C(Nc1ccccc1)c1c(N=Cc2cc([N+](=O)[O-])cc(Br)c2O)sc2c1CCCC2. The largest absolute Gasteiger partial charge is 0.506 e. The van der Waals surface area contributed by atoms with Gasteiger partial charge in [-0.2, -0.15) is 0 Å². The third kappa shape index (κ3) is 4.52. The summed E-state index contributed by atoms with van der Waals surface area (Å²) in [6, 6.07) is 11.7. The van der Waals surface area contributed by atoms with E-state index in [0.29, 0.717) is 16.3 Å². The second-order valence-corrected chi connectivity index (χ2v) is 9.03. The molecule has 1 aliphatic rings. The number of para-hydroxylation sites is 1. The van der Waals surface area contributed by atoms with Crippen molar-refractivity contribution in [1.82, 2.24) is 0 Å². The maximum atomic E-state index is 13.1. The highest BCUT2D eigenvalue weighted by Crippen LogP contribution is 2.40. The van der Waals surface area contributed by atoms with E-state index >= 15 is 0 Å². The van der Waals surface area contributed by atoms with Crippen LogP contribution in [0.4, 0.5) is 16.4 Å². The van der Waals surface area contributed by atoms with Crippen molar-refractivity contribution in [2.24, 2.45) is 4.99 Å². The Labute approximate surface area is 190 Å². The lowest BCUT2D eigenvalue weighted by atomic mass is 9.95. The van der Waals surface area contributed by atoms with Gasteiger partial charge >= 0.3 is 0 Å². The summed E-state index contributed by atoms with van der Waals surface area (Å²) in [6.45, 7) is 0. The summed E-state index contributed by atoms with van der Waals surface area (Å²) < 4.78 is 0.204. The third-order valence-corrected chi connectivity index (χ3v) is 6.83. The molecule has 7 nitrogen and oxygen atoms in total. The number of phenolic OH excluding ortho intramolecular Hbond substituents is 1. The quantitative estimate of drug-likeness (QED) is 0.254. The van der Waals surface area contributed by atoms with E-state index in [1.54, 1.807) is 0 Å². The summed E-state index contributed by atoms with van der Waals surface area (Å²) in [4.78, 5) is 29.3. The number of aryl methyl sites for hydroxylation is 1. The number of fused-ring (bicyclic) bond motifs is 1. The summed E-state index contributed by atoms with van der Waals surface area (Å²) in [5.74, 6) is -0.381. The molecular formula is C22H18BrN3O4S. The molecule has 0 radical (unpaired) electrons. The van der Waals surface area contributed by atoms with Gasteiger partial charge in [0.1, 0.15) is 10.8 Å². The fourth-order valence-corrected chi connectivity index (χ4v) is 5.22. The van der Waals surface area contributed by atoms with Gasteiger partial charge in [-0.25, -0.2) is 4.99 Å². The molecule has 1 amide bonds. The smallest absolute Gasteiger partial charge is 0.271 e. The van der Waals surface area contributed by atoms with Gasteiger partial charge in [0.2, 0.25) is 0 Å². The second-order valence-electron chi connectivity index (χ2n) is 7.09. The molecule has 158 valence electrons. The van der Waals surface area contributed by atoms with Gasteiger partial charge in [0.15, 0.2) is 0 Å². The second kappa shape index (κ2) is 8.99. The summed E-state index contributed by atoms with van der Waals surface area (Å²) in [5, 5.41) is 24.9. The lowest BCUT2D eigenvalue weighted by Crippen LogP contribution is -2.14. The number of carbonyl (C=O) groups excluding carboxylic acids is 1. The number of carbonyl (C=O) groups is 1. The van der Waals surface area contributed by atoms with Crippen LogP contribution in [0.5, 0.6) is 5.75 Å². The van der Waals surface area contributed by atoms with Gasteiger partial charge in [-0.15, -0.1) is 11.3 Å². The van der Waals surface area contributed by atoms with E-state index in [1.807, 2.05) is 30.3 Å². The average molecular weight is 500 g/mol. The molecular weight excluding hydrogens is 482 g/mol. The number of nitro benzene ring substituents is 1. The molecule has 0 saturated heterocycles. The Bertz CT molecular complexity index is 1190. The molecule has 2 N–H and O–H groups in total. The first kappa shape index (κ1) is 21.2. The van der Waals surface area contributed by atoms with Crippen molar-refractivity contribution in [2.75, 3.05) is 5.32 Å². The maximum absolute atomic E-state index is 13.1. The summed E-state index contributed by atoms with van der Waals surface area (Å²) in [6.07, 6.45) is 5.15. The highest BCUT2D eigenvalue weighted by atomic mass is 79.9. The molecule has 0 unspecified atom stereocenters. The minimum atomic E-state index is -0.538. The Morgan fingerprint density at radius 1 is 1.23 bits per heavy atom. The van der Waals surface area contributed by atoms with E-state index in [1.165, 1.54) is 29.7 Å². The predicted octanol–water partition coefficient (Wildman–Crippen LogP) is 6.01. The number of phenols is 1. The van der Waals surface area contributed by atoms with Crippen molar-refractivity contribution in [3.8, 4) is 5.75 Å². The van der Waals surface area contributed by atoms with Crippen LogP contribution in [0.3, 0.4) is 0 Å². The number of aliphatic imine (C=N–C) groups is 1. The molecule has 0 fully saturated rings. The molecule has 1 aromatic heterocycles. The molecule has 0 bridgehead atoms. The standard InChI is InChI=1S/C22H18BrN3O4S/c23-17-11-15(26(29)30)10-13(20(17)27)12-24-22-19(16-8-4-5-9-18(16)31-22)21(28)25-14-6-2-1-3-7-14/h1-3,6-7,10-12,27H,4-5,8-9H2,(H,25,28). The molecule has 0 atom stereocenters. The van der Waals surface area contributed by atoms with Crippen LogP contribution in [0.2, 0.25) is 0 Å². The van der Waals surface area contributed by atoms with Crippen LogP contribution in [0, 0.1) is 10.1 Å². The number of aromatic hydroxyl groups is 1. The van der Waals surface area contributed by atoms with Crippen LogP contribution in [-0.2, 0) is 12.8 Å². The van der Waals surface area contributed by atoms with Crippen molar-refractivity contribution >= 4 is 55.8 Å². The molecule has 4 rings (SSSR count). The highest BCUT2D eigenvalue weighted by molar-refractivity contribution is 9.10. The topological polar surface area (TPSA) is 105 Å². The molecule has 0 saturated carbocycles. The van der Waals surface area contributed by atoms with Gasteiger partial charge in [0.25, 0.3) is 11.6 Å². The number of halogens is 1. The summed E-state index contributed by atoms with van der Waals surface area (Å²) in [7, 11) is 0. The molecule has 0 aliphatic heterocycles. The Kier molecular flexibility index (Phi) is 6.15. The number of hydrogen-bond acceptors (Lipinski definition) is 6. The Hall–Kier alpha value is -3.04.